The first-order chi connectivity index (χ1) is 12.0. The monoisotopic (exact) mass is 377 g/mol. The number of hydrogen-bond acceptors (Lipinski definition) is 4. The molecule has 2 amide bonds. The van der Waals surface area contributed by atoms with Gasteiger partial charge in [0, 0.05) is 34.9 Å². The third-order valence-corrected chi connectivity index (χ3v) is 4.58. The van der Waals surface area contributed by atoms with Gasteiger partial charge in [0.2, 0.25) is 5.91 Å². The van der Waals surface area contributed by atoms with E-state index in [1.54, 1.807) is 30.5 Å². The molecule has 0 saturated heterocycles. The topological polar surface area (TPSA) is 71.1 Å². The van der Waals surface area contributed by atoms with Gasteiger partial charge in [-0.25, -0.2) is 0 Å². The normalized spacial score (nSPS) is 10.3. The van der Waals surface area contributed by atoms with Gasteiger partial charge in [0.15, 0.2) is 0 Å². The quantitative estimate of drug-likeness (QED) is 0.548. The van der Waals surface area contributed by atoms with Crippen molar-refractivity contribution < 1.29 is 9.59 Å². The molecule has 0 bridgehead atoms. The van der Waals surface area contributed by atoms with Crippen LogP contribution in [0.4, 0.5) is 0 Å². The van der Waals surface area contributed by atoms with Crippen LogP contribution < -0.4 is 10.6 Å². The molecule has 0 fully saturated rings. The lowest BCUT2D eigenvalue weighted by atomic mass is 10.2. The van der Waals surface area contributed by atoms with E-state index in [4.69, 9.17) is 11.6 Å². The van der Waals surface area contributed by atoms with E-state index < -0.39 is 0 Å². The Morgan fingerprint density at radius 2 is 1.80 bits per heavy atom. The fraction of sp³-hybridized carbons (Fsp3) is 0.278. The second kappa shape index (κ2) is 10.1. The fourth-order valence-electron chi connectivity index (χ4n) is 1.95. The van der Waals surface area contributed by atoms with Gasteiger partial charge < -0.3 is 10.6 Å². The third kappa shape index (κ3) is 7.15. The van der Waals surface area contributed by atoms with Gasteiger partial charge in [0.05, 0.1) is 11.3 Å². The molecule has 2 aromatic rings. The third-order valence-electron chi connectivity index (χ3n) is 3.32. The summed E-state index contributed by atoms with van der Waals surface area (Å²) >= 11 is 7.28. The number of carbonyl (C=O) groups is 2. The van der Waals surface area contributed by atoms with Crippen molar-refractivity contribution in [1.82, 2.24) is 15.6 Å². The first-order valence-electron chi connectivity index (χ1n) is 7.90. The summed E-state index contributed by atoms with van der Waals surface area (Å²) in [5, 5.41) is 6.32. The number of aryl methyl sites for hydroxylation is 1. The van der Waals surface area contributed by atoms with Crippen molar-refractivity contribution in [3.63, 3.8) is 0 Å². The number of thioether (sulfide) groups is 1. The predicted molar refractivity (Wildman–Crippen MR) is 101 cm³/mol. The van der Waals surface area contributed by atoms with Crippen LogP contribution in [-0.4, -0.2) is 35.6 Å². The van der Waals surface area contributed by atoms with E-state index in [1.807, 2.05) is 19.1 Å². The smallest absolute Gasteiger partial charge is 0.252 e. The fourth-order valence-corrected chi connectivity index (χ4v) is 2.81. The summed E-state index contributed by atoms with van der Waals surface area (Å²) in [5.41, 5.74) is 1.41. The van der Waals surface area contributed by atoms with Gasteiger partial charge in [0.25, 0.3) is 5.91 Å². The van der Waals surface area contributed by atoms with E-state index >= 15 is 0 Å². The van der Waals surface area contributed by atoms with Crippen LogP contribution in [0.5, 0.6) is 0 Å². The highest BCUT2D eigenvalue weighted by Gasteiger charge is 2.05. The number of hydrogen-bond donors (Lipinski definition) is 2. The number of rotatable bonds is 8. The number of halogens is 1. The summed E-state index contributed by atoms with van der Waals surface area (Å²) in [6, 6.07) is 10.9. The lowest BCUT2D eigenvalue weighted by Crippen LogP contribution is -2.30. The molecule has 0 aliphatic heterocycles. The van der Waals surface area contributed by atoms with Gasteiger partial charge in [0.1, 0.15) is 0 Å². The van der Waals surface area contributed by atoms with Crippen molar-refractivity contribution in [2.45, 2.75) is 18.2 Å². The average Bonchev–Trinajstić information content (AvgIpc) is 2.61. The minimum Gasteiger partial charge on any atom is -0.355 e. The first-order valence-corrected chi connectivity index (χ1v) is 9.27. The molecule has 25 heavy (non-hydrogen) atoms. The number of pyridine rings is 1. The van der Waals surface area contributed by atoms with Gasteiger partial charge in [-0.1, -0.05) is 11.6 Å². The largest absolute Gasteiger partial charge is 0.355 e. The zero-order valence-electron chi connectivity index (χ0n) is 13.9. The summed E-state index contributed by atoms with van der Waals surface area (Å²) in [5.74, 6) is 0.161. The van der Waals surface area contributed by atoms with Crippen molar-refractivity contribution in [3.8, 4) is 0 Å². The molecule has 5 nitrogen and oxygen atoms in total. The van der Waals surface area contributed by atoms with E-state index in [0.29, 0.717) is 35.8 Å². The molecule has 0 aliphatic rings. The van der Waals surface area contributed by atoms with Crippen LogP contribution in [0.15, 0.2) is 47.5 Å². The van der Waals surface area contributed by atoms with Crippen LogP contribution >= 0.6 is 23.4 Å². The molecule has 2 N–H and O–H groups in total. The molecular formula is C18H20ClN3O2S. The van der Waals surface area contributed by atoms with Crippen molar-refractivity contribution in [2.24, 2.45) is 0 Å². The van der Waals surface area contributed by atoms with Crippen molar-refractivity contribution in [3.05, 3.63) is 58.9 Å². The Morgan fingerprint density at radius 3 is 2.48 bits per heavy atom. The van der Waals surface area contributed by atoms with Crippen LogP contribution in [0, 0.1) is 6.92 Å². The van der Waals surface area contributed by atoms with Crippen LogP contribution in [0.25, 0.3) is 0 Å². The molecule has 1 aromatic heterocycles. The summed E-state index contributed by atoms with van der Waals surface area (Å²) in [7, 11) is 0. The molecule has 2 rings (SSSR count). The van der Waals surface area contributed by atoms with Crippen molar-refractivity contribution >= 4 is 35.2 Å². The van der Waals surface area contributed by atoms with Gasteiger partial charge in [-0.2, -0.15) is 0 Å². The van der Waals surface area contributed by atoms with E-state index in [9.17, 15) is 9.59 Å². The Hall–Kier alpha value is -2.05. The van der Waals surface area contributed by atoms with Crippen LogP contribution in [0.1, 0.15) is 22.5 Å². The maximum absolute atomic E-state index is 11.9. The van der Waals surface area contributed by atoms with Crippen molar-refractivity contribution in [2.75, 3.05) is 18.8 Å². The van der Waals surface area contributed by atoms with Gasteiger partial charge in [-0.15, -0.1) is 11.8 Å². The summed E-state index contributed by atoms with van der Waals surface area (Å²) in [6.07, 6.45) is 2.23. The Balaban J connectivity index is 1.57. The standard InChI is InChI=1S/C18H20ClN3O2S/c1-13-3-4-14(11-22-13)18(24)21-10-2-9-20-17(23)12-25-16-7-5-15(19)6-8-16/h3-8,11H,2,9-10,12H2,1H3,(H,20,23)(H,21,24). The Labute approximate surface area is 156 Å². The van der Waals surface area contributed by atoms with Crippen LogP contribution in [0.2, 0.25) is 5.02 Å². The van der Waals surface area contributed by atoms with Gasteiger partial charge in [-0.05, 0) is 49.7 Å². The average molecular weight is 378 g/mol. The number of amides is 2. The summed E-state index contributed by atoms with van der Waals surface area (Å²) in [6.45, 7) is 2.89. The molecule has 0 saturated carbocycles. The number of benzene rings is 1. The van der Waals surface area contributed by atoms with E-state index in [2.05, 4.69) is 15.6 Å². The Morgan fingerprint density at radius 1 is 1.08 bits per heavy atom. The lowest BCUT2D eigenvalue weighted by molar-refractivity contribution is -0.118. The Kier molecular flexibility index (Phi) is 7.76. The number of aromatic nitrogens is 1. The number of nitrogens with zero attached hydrogens (tertiary/aromatic N) is 1. The molecule has 1 aromatic carbocycles. The molecule has 132 valence electrons. The minimum atomic E-state index is -0.155. The second-order valence-electron chi connectivity index (χ2n) is 5.39. The summed E-state index contributed by atoms with van der Waals surface area (Å²) < 4.78 is 0. The zero-order valence-corrected chi connectivity index (χ0v) is 15.5. The van der Waals surface area contributed by atoms with Crippen LogP contribution in [0.3, 0.4) is 0 Å². The molecule has 7 heteroatoms. The molecule has 0 spiro atoms. The molecule has 0 atom stereocenters. The zero-order chi connectivity index (χ0) is 18.1. The molecule has 1 heterocycles. The maximum Gasteiger partial charge on any atom is 0.252 e. The van der Waals surface area contributed by atoms with Crippen molar-refractivity contribution in [1.29, 1.82) is 0 Å². The Bertz CT molecular complexity index is 705. The predicted octanol–water partition coefficient (Wildman–Crippen LogP) is 3.07. The van der Waals surface area contributed by atoms with E-state index in [-0.39, 0.29) is 11.8 Å². The maximum atomic E-state index is 11.9. The molecule has 0 aliphatic carbocycles. The number of nitrogens with one attached hydrogen (secondary N) is 2. The minimum absolute atomic E-state index is 0.0333. The lowest BCUT2D eigenvalue weighted by Gasteiger charge is -2.07. The highest BCUT2D eigenvalue weighted by atomic mass is 35.5. The molecule has 0 radical (unpaired) electrons. The van der Waals surface area contributed by atoms with E-state index in [0.717, 1.165) is 10.6 Å². The van der Waals surface area contributed by atoms with E-state index in [1.165, 1.54) is 11.8 Å². The molecule has 0 unspecified atom stereocenters. The van der Waals surface area contributed by atoms with Crippen LogP contribution in [-0.2, 0) is 4.79 Å². The first kappa shape index (κ1) is 19.3. The summed E-state index contributed by atoms with van der Waals surface area (Å²) in [4.78, 5) is 28.8. The second-order valence-corrected chi connectivity index (χ2v) is 6.88. The van der Waals surface area contributed by atoms with Gasteiger partial charge in [-0.3, -0.25) is 14.6 Å². The van der Waals surface area contributed by atoms with Gasteiger partial charge >= 0.3 is 0 Å². The number of carbonyl (C=O) groups excluding carboxylic acids is 2. The SMILES string of the molecule is Cc1ccc(C(=O)NCCCNC(=O)CSc2ccc(Cl)cc2)cn1. The molecular weight excluding hydrogens is 358 g/mol. The highest BCUT2D eigenvalue weighted by molar-refractivity contribution is 8.00. The highest BCUT2D eigenvalue weighted by Crippen LogP contribution is 2.19.